The summed E-state index contributed by atoms with van der Waals surface area (Å²) in [6.07, 6.45) is 4.42. The molecule has 5 rings (SSSR count). The number of aromatic nitrogens is 3. The fourth-order valence-corrected chi connectivity index (χ4v) is 3.62. The van der Waals surface area contributed by atoms with Crippen LogP contribution in [0.1, 0.15) is 31.0 Å². The highest BCUT2D eigenvalue weighted by Crippen LogP contribution is 2.30. The molecule has 0 bridgehead atoms. The molecule has 2 heterocycles. The molecule has 0 radical (unpaired) electrons. The molecule has 1 saturated carbocycles. The Morgan fingerprint density at radius 3 is 2.50 bits per heavy atom. The van der Waals surface area contributed by atoms with Crippen molar-refractivity contribution in [3.63, 3.8) is 0 Å². The molecule has 8 heteroatoms. The van der Waals surface area contributed by atoms with Crippen molar-refractivity contribution in [3.8, 4) is 22.8 Å². The van der Waals surface area contributed by atoms with Crippen molar-refractivity contribution < 1.29 is 13.6 Å². The van der Waals surface area contributed by atoms with E-state index in [0.29, 0.717) is 47.8 Å². The van der Waals surface area contributed by atoms with E-state index in [0.717, 1.165) is 24.0 Å². The molecule has 162 valence electrons. The minimum absolute atomic E-state index is 0.0261. The van der Waals surface area contributed by atoms with Crippen molar-refractivity contribution in [3.05, 3.63) is 77.6 Å². The number of halogens is 1. The third kappa shape index (κ3) is 4.73. The van der Waals surface area contributed by atoms with Crippen LogP contribution in [0.25, 0.3) is 22.8 Å². The molecule has 32 heavy (non-hydrogen) atoms. The molecule has 1 amide bonds. The lowest BCUT2D eigenvalue weighted by Gasteiger charge is -2.20. The van der Waals surface area contributed by atoms with Crippen molar-refractivity contribution in [1.82, 2.24) is 20.1 Å². The minimum Gasteiger partial charge on any atom is -0.441 e. The average molecular weight is 449 g/mol. The van der Waals surface area contributed by atoms with Gasteiger partial charge in [-0.25, -0.2) is 4.98 Å². The van der Waals surface area contributed by atoms with E-state index in [2.05, 4.69) is 15.2 Å². The van der Waals surface area contributed by atoms with Crippen LogP contribution in [0, 0.1) is 0 Å². The molecule has 0 unspecified atom stereocenters. The average Bonchev–Trinajstić information content (AvgIpc) is 3.36. The number of amides is 1. The van der Waals surface area contributed by atoms with Gasteiger partial charge in [0.25, 0.3) is 0 Å². The number of aryl methyl sites for hydroxylation is 1. The Bertz CT molecular complexity index is 1200. The van der Waals surface area contributed by atoms with Crippen LogP contribution in [0.5, 0.6) is 0 Å². The Kier molecular flexibility index (Phi) is 5.73. The fourth-order valence-electron chi connectivity index (χ4n) is 3.50. The molecule has 7 nitrogen and oxygen atoms in total. The Morgan fingerprint density at radius 1 is 0.969 bits per heavy atom. The van der Waals surface area contributed by atoms with Crippen molar-refractivity contribution in [2.45, 2.75) is 38.3 Å². The predicted molar refractivity (Wildman–Crippen MR) is 119 cm³/mol. The van der Waals surface area contributed by atoms with Crippen molar-refractivity contribution in [2.24, 2.45) is 0 Å². The van der Waals surface area contributed by atoms with E-state index in [-0.39, 0.29) is 11.9 Å². The number of nitrogens with zero attached hydrogens (tertiary/aromatic N) is 4. The molecule has 1 fully saturated rings. The lowest BCUT2D eigenvalue weighted by atomic mass is 10.2. The highest BCUT2D eigenvalue weighted by Gasteiger charge is 2.33. The van der Waals surface area contributed by atoms with Gasteiger partial charge in [-0.15, -0.1) is 10.2 Å². The maximum Gasteiger partial charge on any atom is 0.247 e. The third-order valence-electron chi connectivity index (χ3n) is 5.34. The number of rotatable bonds is 8. The standard InChI is InChI=1S/C24H21ClN4O3/c25-18-8-6-17(7-9-18)24-28-27-22(32-24)15-29(19-10-11-19)23(30)13-12-21-26-14-20(31-21)16-4-2-1-3-5-16/h1-9,14,19H,10-13,15H2. The van der Waals surface area contributed by atoms with Gasteiger partial charge in [0.05, 0.1) is 12.7 Å². The van der Waals surface area contributed by atoms with Crippen molar-refractivity contribution in [2.75, 3.05) is 0 Å². The van der Waals surface area contributed by atoms with Gasteiger partial charge in [-0.3, -0.25) is 4.79 Å². The highest BCUT2D eigenvalue weighted by molar-refractivity contribution is 6.30. The van der Waals surface area contributed by atoms with E-state index in [1.165, 1.54) is 0 Å². The van der Waals surface area contributed by atoms with Gasteiger partial charge in [-0.05, 0) is 37.1 Å². The quantitative estimate of drug-likeness (QED) is 0.369. The van der Waals surface area contributed by atoms with E-state index in [4.69, 9.17) is 20.4 Å². The summed E-state index contributed by atoms with van der Waals surface area (Å²) >= 11 is 5.93. The van der Waals surface area contributed by atoms with E-state index in [9.17, 15) is 4.79 Å². The Morgan fingerprint density at radius 2 is 1.75 bits per heavy atom. The summed E-state index contributed by atoms with van der Waals surface area (Å²) in [7, 11) is 0. The molecule has 2 aromatic heterocycles. The molecular formula is C24H21ClN4O3. The zero-order chi connectivity index (χ0) is 21.9. The summed E-state index contributed by atoms with van der Waals surface area (Å²) in [4.78, 5) is 19.1. The van der Waals surface area contributed by atoms with Gasteiger partial charge >= 0.3 is 0 Å². The summed E-state index contributed by atoms with van der Waals surface area (Å²) < 4.78 is 11.6. The zero-order valence-electron chi connectivity index (χ0n) is 17.3. The zero-order valence-corrected chi connectivity index (χ0v) is 18.0. The maximum absolute atomic E-state index is 12.9. The van der Waals surface area contributed by atoms with Gasteiger partial charge in [-0.1, -0.05) is 41.9 Å². The van der Waals surface area contributed by atoms with E-state index in [1.807, 2.05) is 47.4 Å². The second-order valence-electron chi connectivity index (χ2n) is 7.74. The minimum atomic E-state index is 0.0261. The normalized spacial score (nSPS) is 13.3. The summed E-state index contributed by atoms with van der Waals surface area (Å²) in [6.45, 7) is 0.297. The number of hydrogen-bond acceptors (Lipinski definition) is 6. The van der Waals surface area contributed by atoms with Crippen LogP contribution < -0.4 is 0 Å². The number of hydrogen-bond donors (Lipinski definition) is 0. The predicted octanol–water partition coefficient (Wildman–Crippen LogP) is 5.17. The summed E-state index contributed by atoms with van der Waals surface area (Å²) in [5.74, 6) is 2.10. The van der Waals surface area contributed by atoms with Crippen LogP contribution in [-0.4, -0.2) is 32.0 Å². The van der Waals surface area contributed by atoms with E-state index < -0.39 is 0 Å². The monoisotopic (exact) mass is 448 g/mol. The smallest absolute Gasteiger partial charge is 0.247 e. The van der Waals surface area contributed by atoms with Gasteiger partial charge in [0.15, 0.2) is 11.7 Å². The number of benzene rings is 2. The number of carbonyl (C=O) groups is 1. The molecule has 2 aromatic carbocycles. The van der Waals surface area contributed by atoms with Gasteiger partial charge in [0.2, 0.25) is 17.7 Å². The van der Waals surface area contributed by atoms with Gasteiger partial charge < -0.3 is 13.7 Å². The van der Waals surface area contributed by atoms with E-state index in [1.54, 1.807) is 18.3 Å². The first kappa shape index (κ1) is 20.5. The van der Waals surface area contributed by atoms with Gasteiger partial charge in [0, 0.05) is 35.0 Å². The van der Waals surface area contributed by atoms with Crippen LogP contribution in [-0.2, 0) is 17.8 Å². The topological polar surface area (TPSA) is 85.3 Å². The fraction of sp³-hybridized carbons (Fsp3) is 0.250. The lowest BCUT2D eigenvalue weighted by molar-refractivity contribution is -0.132. The Labute approximate surface area is 190 Å². The molecule has 1 aliphatic carbocycles. The molecule has 0 saturated heterocycles. The molecule has 4 aromatic rings. The van der Waals surface area contributed by atoms with Crippen molar-refractivity contribution >= 4 is 17.5 Å². The first-order chi connectivity index (χ1) is 15.7. The highest BCUT2D eigenvalue weighted by atomic mass is 35.5. The van der Waals surface area contributed by atoms with Crippen molar-refractivity contribution in [1.29, 1.82) is 0 Å². The summed E-state index contributed by atoms with van der Waals surface area (Å²) in [6, 6.07) is 17.2. The number of oxazole rings is 1. The molecule has 0 spiro atoms. The second kappa shape index (κ2) is 8.96. The molecule has 1 aliphatic rings. The van der Waals surface area contributed by atoms with Crippen LogP contribution in [0.4, 0.5) is 0 Å². The Balaban J connectivity index is 1.22. The molecule has 0 atom stereocenters. The SMILES string of the molecule is O=C(CCc1ncc(-c2ccccc2)o1)N(Cc1nnc(-c2ccc(Cl)cc2)o1)C1CC1. The molecule has 0 N–H and O–H groups in total. The molecule has 0 aliphatic heterocycles. The van der Waals surface area contributed by atoms with E-state index >= 15 is 0 Å². The summed E-state index contributed by atoms with van der Waals surface area (Å²) in [5, 5.41) is 8.88. The maximum atomic E-state index is 12.9. The lowest BCUT2D eigenvalue weighted by Crippen LogP contribution is -2.32. The van der Waals surface area contributed by atoms with Gasteiger partial charge in [-0.2, -0.15) is 0 Å². The second-order valence-corrected chi connectivity index (χ2v) is 8.18. The van der Waals surface area contributed by atoms with Crippen LogP contribution in [0.3, 0.4) is 0 Å². The van der Waals surface area contributed by atoms with Crippen LogP contribution in [0.2, 0.25) is 5.02 Å². The molecular weight excluding hydrogens is 428 g/mol. The largest absolute Gasteiger partial charge is 0.441 e. The third-order valence-corrected chi connectivity index (χ3v) is 5.59. The summed E-state index contributed by atoms with van der Waals surface area (Å²) in [5.41, 5.74) is 1.75. The first-order valence-electron chi connectivity index (χ1n) is 10.5. The number of carbonyl (C=O) groups excluding carboxylic acids is 1. The van der Waals surface area contributed by atoms with Crippen LogP contribution in [0.15, 0.2) is 69.6 Å². The van der Waals surface area contributed by atoms with Gasteiger partial charge in [0.1, 0.15) is 0 Å². The Hall–Kier alpha value is -3.45. The van der Waals surface area contributed by atoms with Crippen LogP contribution >= 0.6 is 11.6 Å². The first-order valence-corrected chi connectivity index (χ1v) is 10.9.